The lowest BCUT2D eigenvalue weighted by Gasteiger charge is -1.91. The van der Waals surface area contributed by atoms with E-state index in [1.165, 1.54) is 0 Å². The van der Waals surface area contributed by atoms with Crippen molar-refractivity contribution in [2.45, 2.75) is 6.92 Å². The molecule has 1 aromatic carbocycles. The predicted molar refractivity (Wildman–Crippen MR) is 45.8 cm³/mol. The molecule has 1 rings (SSSR count). The van der Waals surface area contributed by atoms with Crippen LogP contribution in [0, 0.1) is 0 Å². The van der Waals surface area contributed by atoms with Crippen LogP contribution in [0.1, 0.15) is 12.5 Å². The van der Waals surface area contributed by atoms with Crippen LogP contribution in [-0.2, 0) is 0 Å². The summed E-state index contributed by atoms with van der Waals surface area (Å²) in [6.45, 7) is 1.88. The zero-order valence-electron chi connectivity index (χ0n) is 6.04. The van der Waals surface area contributed by atoms with Gasteiger partial charge >= 0.3 is 0 Å². The van der Waals surface area contributed by atoms with Gasteiger partial charge < -0.3 is 0 Å². The Morgan fingerprint density at radius 1 is 1.30 bits per heavy atom. The molecule has 0 amide bonds. The minimum atomic E-state index is 0.839. The Morgan fingerprint density at radius 3 is 2.40 bits per heavy atom. The fourth-order valence-electron chi connectivity index (χ4n) is 0.812. The quantitative estimate of drug-likeness (QED) is 0.508. The molecule has 0 aliphatic heterocycles. The lowest BCUT2D eigenvalue weighted by Crippen LogP contribution is -1.73. The highest BCUT2D eigenvalue weighted by atomic mass is 13.9. The summed E-state index contributed by atoms with van der Waals surface area (Å²) in [5, 5.41) is 0. The zero-order chi connectivity index (χ0) is 7.40. The first-order valence-corrected chi connectivity index (χ1v) is 3.28. The molecule has 0 aromatic heterocycles. The second-order valence-electron chi connectivity index (χ2n) is 2.30. The van der Waals surface area contributed by atoms with Gasteiger partial charge in [-0.1, -0.05) is 43.3 Å². The minimum Gasteiger partial charge on any atom is -0.120 e. The Hall–Kier alpha value is -0.975. The molecule has 0 saturated carbocycles. The maximum atomic E-state index is 5.49. The normalized spacial score (nSPS) is 11.5. The fourth-order valence-corrected chi connectivity index (χ4v) is 0.812. The second-order valence-corrected chi connectivity index (χ2v) is 2.30. The molecule has 1 aromatic rings. The number of hydrogen-bond acceptors (Lipinski definition) is 0. The molecule has 0 saturated heterocycles. The van der Waals surface area contributed by atoms with E-state index in [-0.39, 0.29) is 0 Å². The summed E-state index contributed by atoms with van der Waals surface area (Å²) in [7, 11) is 5.49. The molecule has 0 aliphatic carbocycles. The Kier molecular flexibility index (Phi) is 2.32. The van der Waals surface area contributed by atoms with Crippen LogP contribution < -0.4 is 0 Å². The van der Waals surface area contributed by atoms with Crippen LogP contribution in [0.15, 0.2) is 35.8 Å². The summed E-state index contributed by atoms with van der Waals surface area (Å²) < 4.78 is 0. The van der Waals surface area contributed by atoms with Crippen molar-refractivity contribution < 1.29 is 0 Å². The molecule has 2 radical (unpaired) electrons. The summed E-state index contributed by atoms with van der Waals surface area (Å²) in [5.41, 5.74) is 1.99. The van der Waals surface area contributed by atoms with Crippen LogP contribution in [0.25, 0.3) is 6.08 Å². The summed E-state index contributed by atoms with van der Waals surface area (Å²) >= 11 is 0. The molecule has 0 atom stereocenters. The van der Waals surface area contributed by atoms with Gasteiger partial charge in [0.05, 0.1) is 0 Å². The third-order valence-corrected chi connectivity index (χ3v) is 1.19. The SMILES string of the molecule is [B]/C(C)=C/c1ccccc1. The monoisotopic (exact) mass is 128 g/mol. The molecule has 1 heteroatoms. The van der Waals surface area contributed by atoms with E-state index in [0.29, 0.717) is 0 Å². The highest BCUT2D eigenvalue weighted by Gasteiger charge is 1.81. The van der Waals surface area contributed by atoms with E-state index >= 15 is 0 Å². The smallest absolute Gasteiger partial charge is 0.107 e. The van der Waals surface area contributed by atoms with Crippen LogP contribution in [-0.4, -0.2) is 7.85 Å². The van der Waals surface area contributed by atoms with Crippen molar-refractivity contribution in [3.05, 3.63) is 41.4 Å². The van der Waals surface area contributed by atoms with Gasteiger partial charge in [0.25, 0.3) is 0 Å². The largest absolute Gasteiger partial charge is 0.120 e. The van der Waals surface area contributed by atoms with Crippen molar-refractivity contribution in [1.29, 1.82) is 0 Å². The summed E-state index contributed by atoms with van der Waals surface area (Å²) in [6.07, 6.45) is 1.94. The van der Waals surface area contributed by atoms with Crippen LogP contribution in [0.3, 0.4) is 0 Å². The molecule has 0 nitrogen and oxygen atoms in total. The molecule has 0 fully saturated rings. The van der Waals surface area contributed by atoms with Crippen LogP contribution in [0.5, 0.6) is 0 Å². The molecule has 0 spiro atoms. The molecule has 0 heterocycles. The van der Waals surface area contributed by atoms with E-state index in [2.05, 4.69) is 0 Å². The van der Waals surface area contributed by atoms with Crippen LogP contribution in [0.4, 0.5) is 0 Å². The van der Waals surface area contributed by atoms with E-state index < -0.39 is 0 Å². The second kappa shape index (κ2) is 3.26. The molecule has 10 heavy (non-hydrogen) atoms. The molecule has 0 aliphatic rings. The van der Waals surface area contributed by atoms with Crippen molar-refractivity contribution >= 4 is 13.9 Å². The first kappa shape index (κ1) is 7.14. The van der Waals surface area contributed by atoms with Gasteiger partial charge in [-0.3, -0.25) is 0 Å². The lowest BCUT2D eigenvalue weighted by atomic mass is 9.96. The van der Waals surface area contributed by atoms with Crippen molar-refractivity contribution in [2.24, 2.45) is 0 Å². The average Bonchev–Trinajstić information content (AvgIpc) is 1.88. The number of allylic oxidation sites excluding steroid dienone is 1. The highest BCUT2D eigenvalue weighted by molar-refractivity contribution is 6.23. The van der Waals surface area contributed by atoms with Crippen molar-refractivity contribution in [1.82, 2.24) is 0 Å². The third kappa shape index (κ3) is 2.10. The van der Waals surface area contributed by atoms with Gasteiger partial charge in [0.1, 0.15) is 7.85 Å². The van der Waals surface area contributed by atoms with E-state index in [4.69, 9.17) is 7.85 Å². The van der Waals surface area contributed by atoms with Gasteiger partial charge in [-0.2, -0.15) is 0 Å². The standard InChI is InChI=1S/C9H9B/c1-8(10)7-9-5-3-2-4-6-9/h2-7H,1H3/b8-7+. The van der Waals surface area contributed by atoms with Gasteiger partial charge in [-0.25, -0.2) is 0 Å². The van der Waals surface area contributed by atoms with Crippen molar-refractivity contribution in [2.75, 3.05) is 0 Å². The third-order valence-electron chi connectivity index (χ3n) is 1.19. The van der Waals surface area contributed by atoms with Crippen LogP contribution >= 0.6 is 0 Å². The Labute approximate surface area is 63.0 Å². The number of rotatable bonds is 1. The number of hydrogen-bond donors (Lipinski definition) is 0. The molecule has 0 unspecified atom stereocenters. The summed E-state index contributed by atoms with van der Waals surface area (Å²) in [5.74, 6) is 0. The number of benzene rings is 1. The Balaban J connectivity index is 2.87. The van der Waals surface area contributed by atoms with E-state index in [1.807, 2.05) is 43.3 Å². The minimum absolute atomic E-state index is 0.839. The van der Waals surface area contributed by atoms with Gasteiger partial charge in [-0.05, 0) is 5.56 Å². The van der Waals surface area contributed by atoms with Gasteiger partial charge in [-0.15, -0.1) is 5.47 Å². The molecular formula is C9H9B. The molecule has 0 N–H and O–H groups in total. The van der Waals surface area contributed by atoms with Gasteiger partial charge in [0, 0.05) is 0 Å². The van der Waals surface area contributed by atoms with Gasteiger partial charge in [0.2, 0.25) is 0 Å². The summed E-state index contributed by atoms with van der Waals surface area (Å²) in [4.78, 5) is 0. The van der Waals surface area contributed by atoms with Gasteiger partial charge in [0.15, 0.2) is 0 Å². The van der Waals surface area contributed by atoms with Crippen molar-refractivity contribution in [3.8, 4) is 0 Å². The topological polar surface area (TPSA) is 0 Å². The maximum absolute atomic E-state index is 5.49. The Bertz CT molecular complexity index is 220. The van der Waals surface area contributed by atoms with E-state index in [1.54, 1.807) is 0 Å². The first-order chi connectivity index (χ1) is 4.79. The maximum Gasteiger partial charge on any atom is 0.107 e. The van der Waals surface area contributed by atoms with Crippen molar-refractivity contribution in [3.63, 3.8) is 0 Å². The molecule has 0 bridgehead atoms. The first-order valence-electron chi connectivity index (χ1n) is 3.28. The lowest BCUT2D eigenvalue weighted by molar-refractivity contribution is 1.62. The predicted octanol–water partition coefficient (Wildman–Crippen LogP) is 2.22. The highest BCUT2D eigenvalue weighted by Crippen LogP contribution is 2.02. The average molecular weight is 128 g/mol. The van der Waals surface area contributed by atoms with Crippen LogP contribution in [0.2, 0.25) is 0 Å². The molecular weight excluding hydrogens is 119 g/mol. The van der Waals surface area contributed by atoms with E-state index in [0.717, 1.165) is 11.0 Å². The van der Waals surface area contributed by atoms with E-state index in [9.17, 15) is 0 Å². The molecule has 48 valence electrons. The summed E-state index contributed by atoms with van der Waals surface area (Å²) in [6, 6.07) is 10.0. The zero-order valence-corrected chi connectivity index (χ0v) is 6.04. The Morgan fingerprint density at radius 2 is 1.90 bits per heavy atom. The fraction of sp³-hybridized carbons (Fsp3) is 0.111.